The van der Waals surface area contributed by atoms with E-state index in [1.807, 2.05) is 0 Å². The number of benzene rings is 1. The molecule has 1 aromatic carbocycles. The molecule has 0 saturated heterocycles. The van der Waals surface area contributed by atoms with Gasteiger partial charge < -0.3 is 10.3 Å². The van der Waals surface area contributed by atoms with Gasteiger partial charge in [0.05, 0.1) is 11.6 Å². The van der Waals surface area contributed by atoms with Crippen LogP contribution in [0.15, 0.2) is 18.2 Å². The van der Waals surface area contributed by atoms with E-state index in [9.17, 15) is 9.18 Å². The molecule has 2 rings (SSSR count). The number of aromatic nitrogens is 2. The SMILES string of the molecule is C[C@@H](N)C(=O)Nc1nc2c(F)cccc2n1C. The van der Waals surface area contributed by atoms with Gasteiger partial charge in [0, 0.05) is 7.05 Å². The van der Waals surface area contributed by atoms with Gasteiger partial charge in [0.2, 0.25) is 11.9 Å². The quantitative estimate of drug-likeness (QED) is 0.817. The van der Waals surface area contributed by atoms with E-state index in [-0.39, 0.29) is 17.4 Å². The lowest BCUT2D eigenvalue weighted by atomic mass is 10.3. The Morgan fingerprint density at radius 1 is 1.59 bits per heavy atom. The molecule has 0 fully saturated rings. The maximum atomic E-state index is 13.5. The second kappa shape index (κ2) is 4.14. The predicted molar refractivity (Wildman–Crippen MR) is 63.0 cm³/mol. The fourth-order valence-corrected chi connectivity index (χ4v) is 1.52. The summed E-state index contributed by atoms with van der Waals surface area (Å²) in [6.45, 7) is 1.57. The summed E-state index contributed by atoms with van der Waals surface area (Å²) in [4.78, 5) is 15.5. The topological polar surface area (TPSA) is 72.9 Å². The second-order valence-electron chi connectivity index (χ2n) is 3.88. The molecule has 17 heavy (non-hydrogen) atoms. The number of aryl methyl sites for hydroxylation is 1. The van der Waals surface area contributed by atoms with Crippen molar-refractivity contribution in [3.63, 3.8) is 0 Å². The maximum absolute atomic E-state index is 13.5. The molecule has 0 radical (unpaired) electrons. The van der Waals surface area contributed by atoms with Gasteiger partial charge >= 0.3 is 0 Å². The van der Waals surface area contributed by atoms with E-state index in [2.05, 4.69) is 10.3 Å². The molecule has 0 bridgehead atoms. The lowest BCUT2D eigenvalue weighted by Crippen LogP contribution is -2.33. The zero-order valence-corrected chi connectivity index (χ0v) is 9.57. The van der Waals surface area contributed by atoms with Crippen LogP contribution >= 0.6 is 0 Å². The zero-order chi connectivity index (χ0) is 12.6. The molecule has 6 heteroatoms. The number of nitrogens with zero attached hydrogens (tertiary/aromatic N) is 2. The van der Waals surface area contributed by atoms with E-state index in [0.717, 1.165) is 0 Å². The Labute approximate surface area is 97.4 Å². The molecule has 5 nitrogen and oxygen atoms in total. The summed E-state index contributed by atoms with van der Waals surface area (Å²) >= 11 is 0. The number of para-hydroxylation sites is 1. The Morgan fingerprint density at radius 2 is 2.29 bits per heavy atom. The van der Waals surface area contributed by atoms with Gasteiger partial charge in [0.25, 0.3) is 0 Å². The van der Waals surface area contributed by atoms with Crippen LogP contribution in [0.2, 0.25) is 0 Å². The van der Waals surface area contributed by atoms with Gasteiger partial charge in [-0.15, -0.1) is 0 Å². The molecule has 90 valence electrons. The third-order valence-corrected chi connectivity index (χ3v) is 2.51. The molecule has 3 N–H and O–H groups in total. The normalized spacial score (nSPS) is 12.7. The molecule has 0 unspecified atom stereocenters. The van der Waals surface area contributed by atoms with Crippen molar-refractivity contribution >= 4 is 22.9 Å². The average molecular weight is 236 g/mol. The van der Waals surface area contributed by atoms with Crippen molar-refractivity contribution in [3.8, 4) is 0 Å². The minimum Gasteiger partial charge on any atom is -0.320 e. The van der Waals surface area contributed by atoms with E-state index >= 15 is 0 Å². The van der Waals surface area contributed by atoms with E-state index in [1.54, 1.807) is 30.7 Å². The van der Waals surface area contributed by atoms with Crippen molar-refractivity contribution in [3.05, 3.63) is 24.0 Å². The Kier molecular flexibility index (Phi) is 2.81. The van der Waals surface area contributed by atoms with Crippen molar-refractivity contribution < 1.29 is 9.18 Å². The molecule has 0 aliphatic carbocycles. The first-order valence-electron chi connectivity index (χ1n) is 5.18. The number of imidazole rings is 1. The number of nitrogens with two attached hydrogens (primary N) is 1. The fraction of sp³-hybridized carbons (Fsp3) is 0.273. The molecule has 1 amide bonds. The summed E-state index contributed by atoms with van der Waals surface area (Å²) in [5.74, 6) is -0.490. The predicted octanol–water partition coefficient (Wildman–Crippen LogP) is 0.998. The molecule has 0 aliphatic rings. The zero-order valence-electron chi connectivity index (χ0n) is 9.57. The number of hydrogen-bond donors (Lipinski definition) is 2. The highest BCUT2D eigenvalue weighted by Gasteiger charge is 2.14. The van der Waals surface area contributed by atoms with E-state index < -0.39 is 11.9 Å². The lowest BCUT2D eigenvalue weighted by Gasteiger charge is -2.06. The van der Waals surface area contributed by atoms with E-state index in [4.69, 9.17) is 5.73 Å². The van der Waals surface area contributed by atoms with E-state index in [0.29, 0.717) is 5.52 Å². The first-order chi connectivity index (χ1) is 8.00. The number of carbonyl (C=O) groups is 1. The summed E-state index contributed by atoms with van der Waals surface area (Å²) in [5.41, 5.74) is 6.28. The van der Waals surface area contributed by atoms with Gasteiger partial charge in [-0.25, -0.2) is 9.37 Å². The number of rotatable bonds is 2. The van der Waals surface area contributed by atoms with Crippen LogP contribution in [0.4, 0.5) is 10.3 Å². The first-order valence-corrected chi connectivity index (χ1v) is 5.18. The van der Waals surface area contributed by atoms with Crippen LogP contribution in [0.1, 0.15) is 6.92 Å². The third-order valence-electron chi connectivity index (χ3n) is 2.51. The Bertz CT molecular complexity index is 576. The number of halogens is 1. The number of amides is 1. The minimum absolute atomic E-state index is 0.231. The lowest BCUT2D eigenvalue weighted by molar-refractivity contribution is -0.117. The molecule has 0 aliphatic heterocycles. The van der Waals surface area contributed by atoms with Crippen LogP contribution in [0.25, 0.3) is 11.0 Å². The molecule has 2 aromatic rings. The molecule has 1 atom stereocenters. The van der Waals surface area contributed by atoms with Gasteiger partial charge in [0.1, 0.15) is 5.52 Å². The van der Waals surface area contributed by atoms with Gasteiger partial charge in [-0.05, 0) is 19.1 Å². The highest BCUT2D eigenvalue weighted by Crippen LogP contribution is 2.20. The van der Waals surface area contributed by atoms with Crippen molar-refractivity contribution in [2.75, 3.05) is 5.32 Å². The first kappa shape index (κ1) is 11.5. The third kappa shape index (κ3) is 1.99. The van der Waals surface area contributed by atoms with Crippen molar-refractivity contribution in [1.82, 2.24) is 9.55 Å². The van der Waals surface area contributed by atoms with E-state index in [1.165, 1.54) is 6.07 Å². The van der Waals surface area contributed by atoms with Gasteiger partial charge in [-0.2, -0.15) is 0 Å². The monoisotopic (exact) mass is 236 g/mol. The summed E-state index contributed by atoms with van der Waals surface area (Å²) in [7, 11) is 1.70. The van der Waals surface area contributed by atoms with Crippen molar-refractivity contribution in [1.29, 1.82) is 0 Å². The number of nitrogens with one attached hydrogen (secondary N) is 1. The van der Waals surface area contributed by atoms with Crippen molar-refractivity contribution in [2.24, 2.45) is 12.8 Å². The van der Waals surface area contributed by atoms with Crippen LogP contribution < -0.4 is 11.1 Å². The van der Waals surface area contributed by atoms with Crippen LogP contribution in [0, 0.1) is 5.82 Å². The molecule has 1 aromatic heterocycles. The largest absolute Gasteiger partial charge is 0.320 e. The van der Waals surface area contributed by atoms with Crippen LogP contribution in [0.3, 0.4) is 0 Å². The molecule has 1 heterocycles. The fourth-order valence-electron chi connectivity index (χ4n) is 1.52. The average Bonchev–Trinajstić information content (AvgIpc) is 2.58. The summed E-state index contributed by atoms with van der Waals surface area (Å²) < 4.78 is 15.1. The Balaban J connectivity index is 2.46. The highest BCUT2D eigenvalue weighted by atomic mass is 19.1. The number of hydrogen-bond acceptors (Lipinski definition) is 3. The smallest absolute Gasteiger partial charge is 0.243 e. The Morgan fingerprint density at radius 3 is 2.88 bits per heavy atom. The minimum atomic E-state index is -0.639. The van der Waals surface area contributed by atoms with Gasteiger partial charge in [-0.3, -0.25) is 10.1 Å². The second-order valence-corrected chi connectivity index (χ2v) is 3.88. The van der Waals surface area contributed by atoms with Crippen LogP contribution in [-0.4, -0.2) is 21.5 Å². The van der Waals surface area contributed by atoms with Gasteiger partial charge in [-0.1, -0.05) is 6.07 Å². The van der Waals surface area contributed by atoms with Crippen LogP contribution in [-0.2, 0) is 11.8 Å². The summed E-state index contributed by atoms with van der Waals surface area (Å²) in [5, 5.41) is 2.55. The molecular weight excluding hydrogens is 223 g/mol. The molecule has 0 spiro atoms. The summed E-state index contributed by atoms with van der Waals surface area (Å²) in [6, 6.07) is 4.01. The number of fused-ring (bicyclic) bond motifs is 1. The highest BCUT2D eigenvalue weighted by molar-refractivity contribution is 5.94. The molecule has 0 saturated carbocycles. The Hall–Kier alpha value is -1.95. The number of carbonyl (C=O) groups excluding carboxylic acids is 1. The maximum Gasteiger partial charge on any atom is 0.243 e. The van der Waals surface area contributed by atoms with Crippen molar-refractivity contribution in [2.45, 2.75) is 13.0 Å². The molecular formula is C11H13FN4O. The standard InChI is InChI=1S/C11H13FN4O/c1-6(13)10(17)15-11-14-9-7(12)4-3-5-8(9)16(11)2/h3-6H,13H2,1-2H3,(H,14,15,17)/t6-/m1/s1. The van der Waals surface area contributed by atoms with Gasteiger partial charge in [0.15, 0.2) is 5.82 Å². The van der Waals surface area contributed by atoms with Crippen LogP contribution in [0.5, 0.6) is 0 Å². The summed E-state index contributed by atoms with van der Waals surface area (Å²) in [6.07, 6.45) is 0. The number of anilines is 1.